The number of carbonyl (C=O) groups is 2. The van der Waals surface area contributed by atoms with Crippen LogP contribution in [-0.4, -0.2) is 23.3 Å². The average molecular weight is 331 g/mol. The quantitative estimate of drug-likeness (QED) is 0.730. The number of aromatic nitrogens is 1. The van der Waals surface area contributed by atoms with E-state index in [-0.39, 0.29) is 11.8 Å². The lowest BCUT2D eigenvalue weighted by atomic mass is 10.1. The van der Waals surface area contributed by atoms with E-state index >= 15 is 0 Å². The molecule has 1 heterocycles. The molecule has 0 spiro atoms. The lowest BCUT2D eigenvalue weighted by molar-refractivity contribution is -0.116. The number of hydrogen-bond acceptors (Lipinski definition) is 4. The van der Waals surface area contributed by atoms with Crippen LogP contribution in [0.3, 0.4) is 0 Å². The molecule has 0 bridgehead atoms. The van der Waals surface area contributed by atoms with Crippen molar-refractivity contribution in [2.45, 2.75) is 32.6 Å². The van der Waals surface area contributed by atoms with Crippen LogP contribution in [0.5, 0.6) is 0 Å². The Bertz CT molecular complexity index is 640. The molecule has 2 N–H and O–H groups in total. The van der Waals surface area contributed by atoms with Crippen LogP contribution < -0.4 is 10.6 Å². The lowest BCUT2D eigenvalue weighted by Gasteiger charge is -2.02. The number of thiazole rings is 1. The van der Waals surface area contributed by atoms with Crippen LogP contribution in [0.1, 0.15) is 42.2 Å². The first-order valence-corrected chi connectivity index (χ1v) is 8.64. The Labute approximate surface area is 140 Å². The molecule has 2 amide bonds. The average Bonchev–Trinajstić information content (AvgIpc) is 3.02. The van der Waals surface area contributed by atoms with Crippen molar-refractivity contribution in [3.8, 4) is 0 Å². The second kappa shape index (κ2) is 9.05. The summed E-state index contributed by atoms with van der Waals surface area (Å²) >= 11 is 1.26. The molecule has 2 rings (SSSR count). The molecular weight excluding hydrogens is 310 g/mol. The Morgan fingerprint density at radius 1 is 1.22 bits per heavy atom. The molecule has 0 aliphatic rings. The number of nitrogens with one attached hydrogen (secondary N) is 2. The molecule has 5 nitrogen and oxygen atoms in total. The summed E-state index contributed by atoms with van der Waals surface area (Å²) in [4.78, 5) is 27.9. The number of rotatable bonds is 8. The van der Waals surface area contributed by atoms with Crippen LogP contribution in [0.4, 0.5) is 5.13 Å². The zero-order chi connectivity index (χ0) is 16.5. The van der Waals surface area contributed by atoms with Crippen molar-refractivity contribution in [3.05, 3.63) is 47.0 Å². The number of aryl methyl sites for hydroxylation is 1. The SMILES string of the molecule is CCCCNC(=O)c1csc(NC(=O)CCc2ccccc2)n1. The van der Waals surface area contributed by atoms with Crippen molar-refractivity contribution in [1.29, 1.82) is 0 Å². The van der Waals surface area contributed by atoms with Gasteiger partial charge in [0.25, 0.3) is 5.91 Å². The van der Waals surface area contributed by atoms with Crippen LogP contribution in [0.25, 0.3) is 0 Å². The monoisotopic (exact) mass is 331 g/mol. The van der Waals surface area contributed by atoms with Gasteiger partial charge in [-0.3, -0.25) is 9.59 Å². The zero-order valence-corrected chi connectivity index (χ0v) is 14.0. The van der Waals surface area contributed by atoms with E-state index in [1.807, 2.05) is 30.3 Å². The van der Waals surface area contributed by atoms with Crippen molar-refractivity contribution < 1.29 is 9.59 Å². The fraction of sp³-hybridized carbons (Fsp3) is 0.353. The third-order valence-electron chi connectivity index (χ3n) is 3.28. The summed E-state index contributed by atoms with van der Waals surface area (Å²) in [5, 5.41) is 7.67. The van der Waals surface area contributed by atoms with Gasteiger partial charge in [-0.2, -0.15) is 0 Å². The van der Waals surface area contributed by atoms with Crippen molar-refractivity contribution >= 4 is 28.3 Å². The molecule has 0 unspecified atom stereocenters. The predicted octanol–water partition coefficient (Wildman–Crippen LogP) is 3.24. The molecule has 122 valence electrons. The van der Waals surface area contributed by atoms with Gasteiger partial charge in [-0.1, -0.05) is 43.7 Å². The summed E-state index contributed by atoms with van der Waals surface area (Å²) in [6.07, 6.45) is 3.04. The highest BCUT2D eigenvalue weighted by Crippen LogP contribution is 2.16. The first-order chi connectivity index (χ1) is 11.2. The first kappa shape index (κ1) is 17.1. The van der Waals surface area contributed by atoms with Crippen molar-refractivity contribution in [1.82, 2.24) is 10.3 Å². The summed E-state index contributed by atoms with van der Waals surface area (Å²) in [6, 6.07) is 9.85. The fourth-order valence-electron chi connectivity index (χ4n) is 1.99. The van der Waals surface area contributed by atoms with Gasteiger partial charge < -0.3 is 10.6 Å². The standard InChI is InChI=1S/C17H21N3O2S/c1-2-3-11-18-16(22)14-12-23-17(19-14)20-15(21)10-9-13-7-5-4-6-8-13/h4-8,12H,2-3,9-11H2,1H3,(H,18,22)(H,19,20,21). The highest BCUT2D eigenvalue weighted by molar-refractivity contribution is 7.14. The topological polar surface area (TPSA) is 71.1 Å². The molecule has 0 atom stereocenters. The van der Waals surface area contributed by atoms with E-state index in [1.165, 1.54) is 11.3 Å². The van der Waals surface area contributed by atoms with Crippen molar-refractivity contribution in [3.63, 3.8) is 0 Å². The summed E-state index contributed by atoms with van der Waals surface area (Å²) in [7, 11) is 0. The molecule has 0 aliphatic heterocycles. The van der Waals surface area contributed by atoms with Gasteiger partial charge in [0, 0.05) is 18.3 Å². The minimum Gasteiger partial charge on any atom is -0.351 e. The van der Waals surface area contributed by atoms with E-state index in [0.29, 0.717) is 30.2 Å². The van der Waals surface area contributed by atoms with Crippen LogP contribution in [0.15, 0.2) is 35.7 Å². The van der Waals surface area contributed by atoms with Crippen LogP contribution >= 0.6 is 11.3 Å². The third kappa shape index (κ3) is 5.83. The molecule has 1 aromatic heterocycles. The summed E-state index contributed by atoms with van der Waals surface area (Å²) in [5.41, 5.74) is 1.47. The van der Waals surface area contributed by atoms with Gasteiger partial charge in [0.05, 0.1) is 0 Å². The summed E-state index contributed by atoms with van der Waals surface area (Å²) < 4.78 is 0. The number of carbonyl (C=O) groups excluding carboxylic acids is 2. The minimum atomic E-state index is -0.195. The number of anilines is 1. The maximum atomic E-state index is 11.9. The van der Waals surface area contributed by atoms with Crippen LogP contribution in [0, 0.1) is 0 Å². The fourth-order valence-corrected chi connectivity index (χ4v) is 2.70. The molecule has 0 fully saturated rings. The van der Waals surface area contributed by atoms with Crippen molar-refractivity contribution in [2.24, 2.45) is 0 Å². The van der Waals surface area contributed by atoms with E-state index in [0.717, 1.165) is 18.4 Å². The maximum Gasteiger partial charge on any atom is 0.270 e. The van der Waals surface area contributed by atoms with Gasteiger partial charge in [0.1, 0.15) is 5.69 Å². The van der Waals surface area contributed by atoms with E-state index in [9.17, 15) is 9.59 Å². The van der Waals surface area contributed by atoms with Gasteiger partial charge in [-0.05, 0) is 18.4 Å². The maximum absolute atomic E-state index is 11.9. The third-order valence-corrected chi connectivity index (χ3v) is 4.04. The van der Waals surface area contributed by atoms with Crippen LogP contribution in [0.2, 0.25) is 0 Å². The normalized spacial score (nSPS) is 10.3. The minimum absolute atomic E-state index is 0.0962. The van der Waals surface area contributed by atoms with Gasteiger partial charge in [-0.25, -0.2) is 4.98 Å². The largest absolute Gasteiger partial charge is 0.351 e. The number of amides is 2. The molecule has 0 radical (unpaired) electrons. The van der Waals surface area contributed by atoms with E-state index in [1.54, 1.807) is 5.38 Å². The Hall–Kier alpha value is -2.21. The molecule has 2 aromatic rings. The van der Waals surface area contributed by atoms with Gasteiger partial charge >= 0.3 is 0 Å². The summed E-state index contributed by atoms with van der Waals surface area (Å²) in [6.45, 7) is 2.71. The highest BCUT2D eigenvalue weighted by atomic mass is 32.1. The molecule has 0 saturated carbocycles. The molecule has 6 heteroatoms. The first-order valence-electron chi connectivity index (χ1n) is 7.76. The van der Waals surface area contributed by atoms with E-state index in [2.05, 4.69) is 22.5 Å². The predicted molar refractivity (Wildman–Crippen MR) is 92.7 cm³/mol. The van der Waals surface area contributed by atoms with Gasteiger partial charge in [0.15, 0.2) is 5.13 Å². The Morgan fingerprint density at radius 2 is 2.00 bits per heavy atom. The summed E-state index contributed by atoms with van der Waals surface area (Å²) in [5.74, 6) is -0.291. The molecule has 0 aliphatic carbocycles. The number of benzene rings is 1. The lowest BCUT2D eigenvalue weighted by Crippen LogP contribution is -2.24. The van der Waals surface area contributed by atoms with Crippen molar-refractivity contribution in [2.75, 3.05) is 11.9 Å². The number of nitrogens with zero attached hydrogens (tertiary/aromatic N) is 1. The smallest absolute Gasteiger partial charge is 0.270 e. The zero-order valence-electron chi connectivity index (χ0n) is 13.2. The Balaban J connectivity index is 1.79. The molecule has 0 saturated heterocycles. The van der Waals surface area contributed by atoms with E-state index < -0.39 is 0 Å². The molecule has 1 aromatic carbocycles. The Kier molecular flexibility index (Phi) is 6.75. The Morgan fingerprint density at radius 3 is 2.74 bits per heavy atom. The molecular formula is C17H21N3O2S. The number of hydrogen-bond donors (Lipinski definition) is 2. The second-order valence-electron chi connectivity index (χ2n) is 5.18. The van der Waals surface area contributed by atoms with Crippen LogP contribution in [-0.2, 0) is 11.2 Å². The van der Waals surface area contributed by atoms with Gasteiger partial charge in [-0.15, -0.1) is 11.3 Å². The van der Waals surface area contributed by atoms with Gasteiger partial charge in [0.2, 0.25) is 5.91 Å². The highest BCUT2D eigenvalue weighted by Gasteiger charge is 2.12. The number of unbranched alkanes of at least 4 members (excludes halogenated alkanes) is 1. The molecule has 23 heavy (non-hydrogen) atoms. The second-order valence-corrected chi connectivity index (χ2v) is 6.04. The van der Waals surface area contributed by atoms with E-state index in [4.69, 9.17) is 0 Å².